The van der Waals surface area contributed by atoms with Crippen molar-refractivity contribution in [2.24, 2.45) is 0 Å². The minimum absolute atomic E-state index is 0.235. The molecule has 2 aromatic rings. The quantitative estimate of drug-likeness (QED) is 0.838. The van der Waals surface area contributed by atoms with Gasteiger partial charge in [-0.3, -0.25) is 4.90 Å². The van der Waals surface area contributed by atoms with Crippen molar-refractivity contribution in [3.8, 4) is 10.7 Å². The molecule has 0 saturated carbocycles. The topological polar surface area (TPSA) is 42.2 Å². The summed E-state index contributed by atoms with van der Waals surface area (Å²) in [6, 6.07) is 4.25. The zero-order valence-electron chi connectivity index (χ0n) is 9.80. The summed E-state index contributed by atoms with van der Waals surface area (Å²) in [7, 11) is 0. The predicted octanol–water partition coefficient (Wildman–Crippen LogP) is 2.95. The standard InChI is InChI=1S/C12H15N3OS/c1-9(15-6-2-3-7-15)12-13-11(14-16-12)10-5-4-8-17-10/h4-5,8-9H,2-3,6-7H2,1H3/t9-/m1/s1. The van der Waals surface area contributed by atoms with Crippen LogP contribution in [0.15, 0.2) is 22.0 Å². The molecule has 3 heterocycles. The zero-order chi connectivity index (χ0) is 11.7. The SMILES string of the molecule is C[C@H](c1nc(-c2cccs2)no1)N1CCCC1. The van der Waals surface area contributed by atoms with E-state index in [-0.39, 0.29) is 6.04 Å². The average Bonchev–Trinajstić information content (AvgIpc) is 3.09. The van der Waals surface area contributed by atoms with Crippen LogP contribution in [0.4, 0.5) is 0 Å². The fourth-order valence-electron chi connectivity index (χ4n) is 2.20. The lowest BCUT2D eigenvalue weighted by Crippen LogP contribution is -2.23. The molecule has 0 aliphatic carbocycles. The highest BCUT2D eigenvalue weighted by atomic mass is 32.1. The van der Waals surface area contributed by atoms with E-state index in [4.69, 9.17) is 4.52 Å². The van der Waals surface area contributed by atoms with E-state index in [1.54, 1.807) is 11.3 Å². The maximum Gasteiger partial charge on any atom is 0.244 e. The summed E-state index contributed by atoms with van der Waals surface area (Å²) in [6.07, 6.45) is 2.55. The van der Waals surface area contributed by atoms with Gasteiger partial charge < -0.3 is 4.52 Å². The normalized spacial score (nSPS) is 18.6. The van der Waals surface area contributed by atoms with E-state index in [0.29, 0.717) is 5.82 Å². The highest BCUT2D eigenvalue weighted by molar-refractivity contribution is 7.13. The van der Waals surface area contributed by atoms with Crippen LogP contribution in [0.5, 0.6) is 0 Å². The first-order valence-corrected chi connectivity index (χ1v) is 6.84. The van der Waals surface area contributed by atoms with Gasteiger partial charge in [-0.1, -0.05) is 11.2 Å². The van der Waals surface area contributed by atoms with Gasteiger partial charge in [0, 0.05) is 0 Å². The maximum absolute atomic E-state index is 5.37. The number of nitrogens with zero attached hydrogens (tertiary/aromatic N) is 3. The molecule has 1 saturated heterocycles. The highest BCUT2D eigenvalue weighted by Gasteiger charge is 2.24. The van der Waals surface area contributed by atoms with Crippen molar-refractivity contribution in [2.45, 2.75) is 25.8 Å². The number of aromatic nitrogens is 2. The fourth-order valence-corrected chi connectivity index (χ4v) is 2.85. The number of thiophene rings is 1. The summed E-state index contributed by atoms with van der Waals surface area (Å²) in [5.41, 5.74) is 0. The van der Waals surface area contributed by atoms with Gasteiger partial charge in [0.25, 0.3) is 0 Å². The highest BCUT2D eigenvalue weighted by Crippen LogP contribution is 2.26. The number of hydrogen-bond acceptors (Lipinski definition) is 5. The Balaban J connectivity index is 1.80. The predicted molar refractivity (Wildman–Crippen MR) is 66.8 cm³/mol. The Morgan fingerprint density at radius 2 is 2.24 bits per heavy atom. The molecule has 4 nitrogen and oxygen atoms in total. The first-order chi connectivity index (χ1) is 8.34. The Morgan fingerprint density at radius 1 is 1.41 bits per heavy atom. The Labute approximate surface area is 104 Å². The molecule has 0 unspecified atom stereocenters. The van der Waals surface area contributed by atoms with Crippen molar-refractivity contribution >= 4 is 11.3 Å². The van der Waals surface area contributed by atoms with Gasteiger partial charge in [-0.05, 0) is 44.3 Å². The molecule has 2 aromatic heterocycles. The zero-order valence-corrected chi connectivity index (χ0v) is 10.6. The van der Waals surface area contributed by atoms with E-state index in [1.165, 1.54) is 12.8 Å². The molecular formula is C12H15N3OS. The van der Waals surface area contributed by atoms with Gasteiger partial charge in [0.15, 0.2) is 0 Å². The molecule has 17 heavy (non-hydrogen) atoms. The van der Waals surface area contributed by atoms with Crippen molar-refractivity contribution in [1.29, 1.82) is 0 Å². The molecule has 0 radical (unpaired) electrons. The molecule has 0 N–H and O–H groups in total. The Bertz CT molecular complexity index is 474. The molecule has 1 fully saturated rings. The largest absolute Gasteiger partial charge is 0.337 e. The fraction of sp³-hybridized carbons (Fsp3) is 0.500. The van der Waals surface area contributed by atoms with Gasteiger partial charge in [-0.25, -0.2) is 0 Å². The van der Waals surface area contributed by atoms with E-state index in [9.17, 15) is 0 Å². The minimum Gasteiger partial charge on any atom is -0.337 e. The van der Waals surface area contributed by atoms with Crippen molar-refractivity contribution < 1.29 is 4.52 Å². The summed E-state index contributed by atoms with van der Waals surface area (Å²) in [6.45, 7) is 4.41. The lowest BCUT2D eigenvalue weighted by atomic mass is 10.3. The molecule has 3 rings (SSSR count). The monoisotopic (exact) mass is 249 g/mol. The van der Waals surface area contributed by atoms with Crippen molar-refractivity contribution in [2.75, 3.05) is 13.1 Å². The molecule has 0 bridgehead atoms. The van der Waals surface area contributed by atoms with E-state index >= 15 is 0 Å². The molecule has 1 aliphatic heterocycles. The molecule has 90 valence electrons. The molecule has 5 heteroatoms. The van der Waals surface area contributed by atoms with Crippen LogP contribution < -0.4 is 0 Å². The first-order valence-electron chi connectivity index (χ1n) is 5.96. The average molecular weight is 249 g/mol. The van der Waals surface area contributed by atoms with E-state index in [1.807, 2.05) is 17.5 Å². The Kier molecular flexibility index (Phi) is 2.94. The van der Waals surface area contributed by atoms with E-state index in [2.05, 4.69) is 22.0 Å². The molecule has 0 aromatic carbocycles. The number of rotatable bonds is 3. The molecule has 0 spiro atoms. The summed E-state index contributed by atoms with van der Waals surface area (Å²) >= 11 is 1.63. The third-order valence-electron chi connectivity index (χ3n) is 3.23. The van der Waals surface area contributed by atoms with Crippen LogP contribution >= 0.6 is 11.3 Å². The van der Waals surface area contributed by atoms with Crippen LogP contribution in [0.25, 0.3) is 10.7 Å². The second kappa shape index (κ2) is 4.58. The van der Waals surface area contributed by atoms with E-state index < -0.39 is 0 Å². The summed E-state index contributed by atoms with van der Waals surface area (Å²) in [5.74, 6) is 1.44. The Hall–Kier alpha value is -1.20. The number of likely N-dealkylation sites (tertiary alicyclic amines) is 1. The van der Waals surface area contributed by atoms with Gasteiger partial charge in [-0.15, -0.1) is 11.3 Å². The van der Waals surface area contributed by atoms with Crippen molar-refractivity contribution in [1.82, 2.24) is 15.0 Å². The maximum atomic E-state index is 5.37. The summed E-state index contributed by atoms with van der Waals surface area (Å²) < 4.78 is 5.37. The molecular weight excluding hydrogens is 234 g/mol. The van der Waals surface area contributed by atoms with Gasteiger partial charge >= 0.3 is 0 Å². The van der Waals surface area contributed by atoms with Crippen LogP contribution in [0, 0.1) is 0 Å². The van der Waals surface area contributed by atoms with Crippen LogP contribution in [0.3, 0.4) is 0 Å². The van der Waals surface area contributed by atoms with Crippen LogP contribution in [-0.2, 0) is 0 Å². The Morgan fingerprint density at radius 3 is 2.94 bits per heavy atom. The first kappa shape index (κ1) is 10.9. The van der Waals surface area contributed by atoms with Crippen LogP contribution in [-0.4, -0.2) is 28.1 Å². The van der Waals surface area contributed by atoms with Gasteiger partial charge in [-0.2, -0.15) is 4.98 Å². The third-order valence-corrected chi connectivity index (χ3v) is 4.09. The van der Waals surface area contributed by atoms with Gasteiger partial charge in [0.1, 0.15) is 0 Å². The molecule has 0 amide bonds. The summed E-state index contributed by atoms with van der Waals surface area (Å²) in [4.78, 5) is 7.95. The number of hydrogen-bond donors (Lipinski definition) is 0. The third kappa shape index (κ3) is 2.12. The smallest absolute Gasteiger partial charge is 0.244 e. The minimum atomic E-state index is 0.235. The second-order valence-corrected chi connectivity index (χ2v) is 5.30. The van der Waals surface area contributed by atoms with Gasteiger partial charge in [0.2, 0.25) is 11.7 Å². The lowest BCUT2D eigenvalue weighted by molar-refractivity contribution is 0.209. The molecule has 1 atom stereocenters. The van der Waals surface area contributed by atoms with Crippen LogP contribution in [0.1, 0.15) is 31.7 Å². The lowest BCUT2D eigenvalue weighted by Gasteiger charge is -2.19. The van der Waals surface area contributed by atoms with E-state index in [0.717, 1.165) is 23.9 Å². The van der Waals surface area contributed by atoms with Gasteiger partial charge in [0.05, 0.1) is 10.9 Å². The van der Waals surface area contributed by atoms with Crippen LogP contribution in [0.2, 0.25) is 0 Å². The summed E-state index contributed by atoms with van der Waals surface area (Å²) in [5, 5.41) is 6.07. The molecule has 1 aliphatic rings. The van der Waals surface area contributed by atoms with Crippen molar-refractivity contribution in [3.63, 3.8) is 0 Å². The van der Waals surface area contributed by atoms with Crippen molar-refractivity contribution in [3.05, 3.63) is 23.4 Å². The second-order valence-electron chi connectivity index (χ2n) is 4.35.